The largest absolute Gasteiger partial charge is 0.339 e. The van der Waals surface area contributed by atoms with Gasteiger partial charge < -0.3 is 5.32 Å². The maximum absolute atomic E-state index is 12.2. The zero-order valence-corrected chi connectivity index (χ0v) is 14.1. The molecule has 6 heteroatoms. The Morgan fingerprint density at radius 3 is 2.65 bits per heavy atom. The summed E-state index contributed by atoms with van der Waals surface area (Å²) in [5, 5.41) is 11.6. The first kappa shape index (κ1) is 17.1. The van der Waals surface area contributed by atoms with Crippen molar-refractivity contribution in [2.24, 2.45) is 0 Å². The van der Waals surface area contributed by atoms with Crippen molar-refractivity contribution in [2.45, 2.75) is 37.4 Å². The summed E-state index contributed by atoms with van der Waals surface area (Å²) in [6.45, 7) is 3.95. The van der Waals surface area contributed by atoms with Gasteiger partial charge in [0.05, 0.1) is 5.75 Å². The average Bonchev–Trinajstić information content (AvgIpc) is 3.07. The maximum atomic E-state index is 12.2. The minimum Gasteiger partial charge on any atom is -0.339 e. The van der Waals surface area contributed by atoms with Crippen LogP contribution in [0.15, 0.2) is 41.8 Å². The molecule has 0 fully saturated rings. The third-order valence-corrected chi connectivity index (χ3v) is 4.69. The number of para-hydroxylation sites is 1. The van der Waals surface area contributed by atoms with Crippen LogP contribution in [-0.2, 0) is 4.79 Å². The minimum absolute atomic E-state index is 0.0979. The fourth-order valence-corrected chi connectivity index (χ4v) is 2.92. The van der Waals surface area contributed by atoms with Gasteiger partial charge in [0.1, 0.15) is 11.9 Å². The van der Waals surface area contributed by atoms with Gasteiger partial charge in [-0.3, -0.25) is 9.36 Å². The third-order valence-electron chi connectivity index (χ3n) is 3.75. The molecule has 0 aliphatic carbocycles. The molecule has 5 nitrogen and oxygen atoms in total. The molecule has 1 aromatic carbocycles. The normalized spacial score (nSPS) is 11.0. The summed E-state index contributed by atoms with van der Waals surface area (Å²) in [4.78, 5) is 12.2. The van der Waals surface area contributed by atoms with Crippen LogP contribution >= 0.6 is 11.8 Å². The topological polar surface area (TPSA) is 59.8 Å². The van der Waals surface area contributed by atoms with Crippen LogP contribution in [0.3, 0.4) is 0 Å². The summed E-state index contributed by atoms with van der Waals surface area (Å²) in [6, 6.07) is 9.76. The standard InChI is InChI=1S/C17H20N4OS/c1-4-17(5-2,6-3)19-15(22)12-23-16-20-18-13-21(16)14-10-8-7-9-11-14/h1,7-11,13H,5-6,12H2,2-3H3,(H,19,22). The molecule has 2 rings (SSSR count). The van der Waals surface area contributed by atoms with Crippen molar-refractivity contribution in [1.82, 2.24) is 20.1 Å². The lowest BCUT2D eigenvalue weighted by atomic mass is 9.94. The first-order chi connectivity index (χ1) is 11.1. The van der Waals surface area contributed by atoms with Crippen LogP contribution in [0.1, 0.15) is 26.7 Å². The molecule has 0 atom stereocenters. The van der Waals surface area contributed by atoms with Gasteiger partial charge in [-0.15, -0.1) is 16.6 Å². The minimum atomic E-state index is -0.565. The Hall–Kier alpha value is -2.26. The monoisotopic (exact) mass is 328 g/mol. The van der Waals surface area contributed by atoms with Gasteiger partial charge >= 0.3 is 0 Å². The zero-order chi connectivity index (χ0) is 16.7. The second-order valence-electron chi connectivity index (χ2n) is 5.09. The molecular weight excluding hydrogens is 308 g/mol. The molecule has 2 aromatic rings. The second kappa shape index (κ2) is 7.84. The van der Waals surface area contributed by atoms with E-state index in [1.165, 1.54) is 11.8 Å². The van der Waals surface area contributed by atoms with Crippen molar-refractivity contribution in [1.29, 1.82) is 0 Å². The number of terminal acetylenes is 1. The molecule has 0 saturated heterocycles. The van der Waals surface area contributed by atoms with E-state index >= 15 is 0 Å². The Bertz CT molecular complexity index is 686. The van der Waals surface area contributed by atoms with Gasteiger partial charge in [-0.1, -0.05) is 49.7 Å². The van der Waals surface area contributed by atoms with E-state index in [-0.39, 0.29) is 11.7 Å². The molecule has 0 radical (unpaired) electrons. The molecule has 23 heavy (non-hydrogen) atoms. The van der Waals surface area contributed by atoms with E-state index in [4.69, 9.17) is 6.42 Å². The Labute approximate surface area is 140 Å². The van der Waals surface area contributed by atoms with E-state index in [2.05, 4.69) is 21.4 Å². The van der Waals surface area contributed by atoms with Gasteiger partial charge in [-0.05, 0) is 25.0 Å². The number of nitrogens with one attached hydrogen (secondary N) is 1. The number of hydrogen-bond acceptors (Lipinski definition) is 4. The van der Waals surface area contributed by atoms with Crippen LogP contribution in [0.25, 0.3) is 5.69 Å². The Morgan fingerprint density at radius 2 is 2.04 bits per heavy atom. The SMILES string of the molecule is C#CC(CC)(CC)NC(=O)CSc1nncn1-c1ccccc1. The van der Waals surface area contributed by atoms with Crippen LogP contribution in [0.5, 0.6) is 0 Å². The Kier molecular flexibility index (Phi) is 5.83. The highest BCUT2D eigenvalue weighted by Crippen LogP contribution is 2.20. The van der Waals surface area contributed by atoms with Gasteiger partial charge in [-0.25, -0.2) is 0 Å². The summed E-state index contributed by atoms with van der Waals surface area (Å²) in [5.41, 5.74) is 0.394. The van der Waals surface area contributed by atoms with Crippen LogP contribution in [-0.4, -0.2) is 32.0 Å². The smallest absolute Gasteiger partial charge is 0.231 e. The predicted molar refractivity (Wildman–Crippen MR) is 92.4 cm³/mol. The highest BCUT2D eigenvalue weighted by atomic mass is 32.2. The number of nitrogens with zero attached hydrogens (tertiary/aromatic N) is 3. The van der Waals surface area contributed by atoms with Crippen LogP contribution < -0.4 is 5.32 Å². The highest BCUT2D eigenvalue weighted by Gasteiger charge is 2.25. The molecule has 0 spiro atoms. The number of amides is 1. The highest BCUT2D eigenvalue weighted by molar-refractivity contribution is 7.99. The quantitative estimate of drug-likeness (QED) is 0.627. The summed E-state index contributed by atoms with van der Waals surface area (Å²) >= 11 is 1.34. The predicted octanol–water partition coefficient (Wildman–Crippen LogP) is 2.67. The molecule has 0 aliphatic rings. The van der Waals surface area contributed by atoms with E-state index in [1.807, 2.05) is 48.7 Å². The fourth-order valence-electron chi connectivity index (χ4n) is 2.19. The van der Waals surface area contributed by atoms with Crippen molar-refractivity contribution in [3.8, 4) is 18.0 Å². The van der Waals surface area contributed by atoms with E-state index in [1.54, 1.807) is 6.33 Å². The summed E-state index contributed by atoms with van der Waals surface area (Å²) in [6.07, 6.45) is 8.62. The van der Waals surface area contributed by atoms with Crippen molar-refractivity contribution in [3.63, 3.8) is 0 Å². The van der Waals surface area contributed by atoms with Crippen molar-refractivity contribution in [2.75, 3.05) is 5.75 Å². The van der Waals surface area contributed by atoms with Crippen LogP contribution in [0.4, 0.5) is 0 Å². The number of benzene rings is 1. The number of carbonyl (C=O) groups excluding carboxylic acids is 1. The van der Waals surface area contributed by atoms with E-state index in [0.717, 1.165) is 5.69 Å². The van der Waals surface area contributed by atoms with Gasteiger partial charge in [-0.2, -0.15) is 0 Å². The van der Waals surface area contributed by atoms with Crippen molar-refractivity contribution >= 4 is 17.7 Å². The van der Waals surface area contributed by atoms with Gasteiger partial charge in [0.15, 0.2) is 5.16 Å². The maximum Gasteiger partial charge on any atom is 0.231 e. The molecule has 1 N–H and O–H groups in total. The molecule has 0 bridgehead atoms. The molecule has 1 aromatic heterocycles. The molecule has 1 heterocycles. The number of thioether (sulfide) groups is 1. The van der Waals surface area contributed by atoms with E-state index in [0.29, 0.717) is 18.0 Å². The van der Waals surface area contributed by atoms with Crippen molar-refractivity contribution in [3.05, 3.63) is 36.7 Å². The molecular formula is C17H20N4OS. The lowest BCUT2D eigenvalue weighted by Gasteiger charge is -2.26. The third kappa shape index (κ3) is 4.14. The van der Waals surface area contributed by atoms with Crippen LogP contribution in [0.2, 0.25) is 0 Å². The van der Waals surface area contributed by atoms with Gasteiger partial charge in [0.25, 0.3) is 0 Å². The van der Waals surface area contributed by atoms with E-state index < -0.39 is 5.54 Å². The molecule has 1 amide bonds. The van der Waals surface area contributed by atoms with Crippen molar-refractivity contribution < 1.29 is 4.79 Å². The number of rotatable bonds is 7. The average molecular weight is 328 g/mol. The number of hydrogen-bond donors (Lipinski definition) is 1. The molecule has 0 aliphatic heterocycles. The van der Waals surface area contributed by atoms with Gasteiger partial charge in [0.2, 0.25) is 5.91 Å². The molecule has 0 unspecified atom stereocenters. The zero-order valence-electron chi connectivity index (χ0n) is 13.3. The van der Waals surface area contributed by atoms with Gasteiger partial charge in [0, 0.05) is 5.69 Å². The lowest BCUT2D eigenvalue weighted by molar-refractivity contribution is -0.119. The Morgan fingerprint density at radius 1 is 1.35 bits per heavy atom. The Balaban J connectivity index is 2.01. The summed E-state index contributed by atoms with van der Waals surface area (Å²) < 4.78 is 1.85. The second-order valence-corrected chi connectivity index (χ2v) is 6.03. The first-order valence-electron chi connectivity index (χ1n) is 7.51. The number of aromatic nitrogens is 3. The van der Waals surface area contributed by atoms with E-state index in [9.17, 15) is 4.79 Å². The molecule has 120 valence electrons. The number of carbonyl (C=O) groups is 1. The summed E-state index contributed by atoms with van der Waals surface area (Å²) in [7, 11) is 0. The summed E-state index contributed by atoms with van der Waals surface area (Å²) in [5.74, 6) is 2.85. The molecule has 0 saturated carbocycles. The lowest BCUT2D eigenvalue weighted by Crippen LogP contribution is -2.47. The first-order valence-corrected chi connectivity index (χ1v) is 8.49. The van der Waals surface area contributed by atoms with Crippen LogP contribution in [0, 0.1) is 12.3 Å². The fraction of sp³-hybridized carbons (Fsp3) is 0.353.